The van der Waals surface area contributed by atoms with E-state index in [-0.39, 0.29) is 34.2 Å². The molecule has 0 amide bonds. The second kappa shape index (κ2) is 10.1. The molecule has 0 atom stereocenters. The number of ether oxygens (including phenoxy) is 4. The number of benzene rings is 1. The summed E-state index contributed by atoms with van der Waals surface area (Å²) >= 11 is 0.926. The highest BCUT2D eigenvalue weighted by molar-refractivity contribution is 7.18. The first-order valence-electron chi connectivity index (χ1n) is 8.50. The van der Waals surface area contributed by atoms with Crippen LogP contribution in [-0.2, 0) is 20.9 Å². The number of carbonyl (C=O) groups excluding carboxylic acids is 2. The van der Waals surface area contributed by atoms with Crippen LogP contribution in [0.25, 0.3) is 6.08 Å². The Morgan fingerprint density at radius 3 is 2.62 bits per heavy atom. The number of methoxy groups -OCH3 is 2. The Morgan fingerprint density at radius 1 is 1.24 bits per heavy atom. The van der Waals surface area contributed by atoms with Gasteiger partial charge in [0.1, 0.15) is 22.6 Å². The van der Waals surface area contributed by atoms with Crippen LogP contribution in [0.1, 0.15) is 33.3 Å². The Hall–Kier alpha value is -3.51. The fraction of sp³-hybridized carbons (Fsp3) is 0.250. The molecular weight excluding hydrogens is 396 g/mol. The maximum Gasteiger partial charge on any atom is 0.348 e. The first kappa shape index (κ1) is 21.8. The van der Waals surface area contributed by atoms with Crippen LogP contribution >= 0.6 is 11.3 Å². The van der Waals surface area contributed by atoms with Gasteiger partial charge in [0, 0.05) is 17.2 Å². The highest BCUT2D eigenvalue weighted by Crippen LogP contribution is 2.33. The molecule has 0 fully saturated rings. The molecule has 0 saturated carbocycles. The van der Waals surface area contributed by atoms with Crippen molar-refractivity contribution in [2.75, 3.05) is 26.6 Å². The first-order valence-corrected chi connectivity index (χ1v) is 9.32. The second-order valence-electron chi connectivity index (χ2n) is 5.51. The van der Waals surface area contributed by atoms with Crippen molar-refractivity contribution in [2.45, 2.75) is 13.5 Å². The van der Waals surface area contributed by atoms with Gasteiger partial charge in [0.2, 0.25) is 0 Å². The van der Waals surface area contributed by atoms with Gasteiger partial charge < -0.3 is 24.7 Å². The van der Waals surface area contributed by atoms with Gasteiger partial charge in [-0.15, -0.1) is 11.3 Å². The third-order valence-corrected chi connectivity index (χ3v) is 4.84. The minimum Gasteiger partial charge on any atom is -0.493 e. The number of nitrogens with two attached hydrogens (primary N) is 1. The Kier molecular flexibility index (Phi) is 7.62. The summed E-state index contributed by atoms with van der Waals surface area (Å²) in [6.07, 6.45) is 2.73. The smallest absolute Gasteiger partial charge is 0.348 e. The van der Waals surface area contributed by atoms with Crippen molar-refractivity contribution in [1.82, 2.24) is 0 Å². The number of nitriles is 1. The molecule has 1 aromatic heterocycles. The van der Waals surface area contributed by atoms with Crippen molar-refractivity contribution in [3.8, 4) is 17.6 Å². The topological polar surface area (TPSA) is 121 Å². The van der Waals surface area contributed by atoms with Gasteiger partial charge in [-0.2, -0.15) is 5.26 Å². The number of nitrogens with zero attached hydrogens (tertiary/aromatic N) is 1. The molecule has 29 heavy (non-hydrogen) atoms. The van der Waals surface area contributed by atoms with E-state index >= 15 is 0 Å². The number of anilines is 1. The standard InChI is InChI=1S/C20H20N2O6S/c1-4-27-20(24)18-14(13(10-21)19(22)29-18)11-28-16(23)9-8-12-6-5-7-15(25-2)17(12)26-3/h5-9H,4,11,22H2,1-3H3/b9-8+. The summed E-state index contributed by atoms with van der Waals surface area (Å²) in [4.78, 5) is 24.4. The van der Waals surface area contributed by atoms with E-state index in [0.29, 0.717) is 17.1 Å². The first-order chi connectivity index (χ1) is 14.0. The van der Waals surface area contributed by atoms with E-state index in [0.717, 1.165) is 11.3 Å². The monoisotopic (exact) mass is 416 g/mol. The normalized spacial score (nSPS) is 10.4. The highest BCUT2D eigenvalue weighted by atomic mass is 32.1. The molecule has 0 bridgehead atoms. The zero-order valence-corrected chi connectivity index (χ0v) is 17.0. The maximum absolute atomic E-state index is 12.1. The fourth-order valence-corrected chi connectivity index (χ4v) is 3.42. The van der Waals surface area contributed by atoms with Crippen LogP contribution < -0.4 is 15.2 Å². The molecular formula is C20H20N2O6S. The number of thiophene rings is 1. The van der Waals surface area contributed by atoms with Gasteiger partial charge >= 0.3 is 11.9 Å². The molecule has 1 aromatic carbocycles. The van der Waals surface area contributed by atoms with E-state index in [4.69, 9.17) is 24.7 Å². The van der Waals surface area contributed by atoms with Gasteiger partial charge in [-0.25, -0.2) is 9.59 Å². The van der Waals surface area contributed by atoms with Gasteiger partial charge in [0.05, 0.1) is 26.4 Å². The number of hydrogen-bond donors (Lipinski definition) is 1. The molecule has 2 N–H and O–H groups in total. The van der Waals surface area contributed by atoms with E-state index in [9.17, 15) is 14.9 Å². The number of esters is 2. The number of carbonyl (C=O) groups is 2. The summed E-state index contributed by atoms with van der Waals surface area (Å²) in [5.74, 6) is -0.290. The van der Waals surface area contributed by atoms with E-state index < -0.39 is 11.9 Å². The van der Waals surface area contributed by atoms with E-state index in [1.165, 1.54) is 26.4 Å². The molecule has 0 unspecified atom stereocenters. The molecule has 152 valence electrons. The van der Waals surface area contributed by atoms with Crippen molar-refractivity contribution in [3.63, 3.8) is 0 Å². The lowest BCUT2D eigenvalue weighted by molar-refractivity contribution is -0.138. The lowest BCUT2D eigenvalue weighted by atomic mass is 10.1. The maximum atomic E-state index is 12.1. The predicted octanol–water partition coefficient (Wildman–Crippen LogP) is 3.15. The molecule has 0 aliphatic rings. The summed E-state index contributed by atoms with van der Waals surface area (Å²) < 4.78 is 20.7. The van der Waals surface area contributed by atoms with Crippen LogP contribution in [0.5, 0.6) is 11.5 Å². The average molecular weight is 416 g/mol. The molecule has 0 aliphatic heterocycles. The van der Waals surface area contributed by atoms with E-state index in [2.05, 4.69) is 0 Å². The summed E-state index contributed by atoms with van der Waals surface area (Å²) in [5, 5.41) is 9.46. The minimum absolute atomic E-state index is 0.101. The van der Waals surface area contributed by atoms with Crippen molar-refractivity contribution in [1.29, 1.82) is 5.26 Å². The third kappa shape index (κ3) is 5.06. The highest BCUT2D eigenvalue weighted by Gasteiger charge is 2.23. The quantitative estimate of drug-likeness (QED) is 0.514. The zero-order valence-electron chi connectivity index (χ0n) is 16.2. The van der Waals surface area contributed by atoms with E-state index in [1.54, 1.807) is 25.1 Å². The van der Waals surface area contributed by atoms with Crippen molar-refractivity contribution >= 4 is 34.4 Å². The SMILES string of the molecule is CCOC(=O)c1sc(N)c(C#N)c1COC(=O)/C=C/c1cccc(OC)c1OC. The number of para-hydroxylation sites is 1. The van der Waals surface area contributed by atoms with Crippen LogP contribution in [0.3, 0.4) is 0 Å². The summed E-state index contributed by atoms with van der Waals surface area (Å²) in [6.45, 7) is 1.55. The Bertz CT molecular complexity index is 974. The summed E-state index contributed by atoms with van der Waals surface area (Å²) in [5.41, 5.74) is 6.75. The van der Waals surface area contributed by atoms with Crippen molar-refractivity contribution in [3.05, 3.63) is 45.8 Å². The fourth-order valence-electron chi connectivity index (χ4n) is 2.50. The largest absolute Gasteiger partial charge is 0.493 e. The molecule has 0 aliphatic carbocycles. The van der Waals surface area contributed by atoms with Gasteiger partial charge in [0.25, 0.3) is 0 Å². The lowest BCUT2D eigenvalue weighted by Gasteiger charge is -2.09. The Labute approximate surface area is 172 Å². The van der Waals surface area contributed by atoms with Gasteiger partial charge in [-0.1, -0.05) is 12.1 Å². The zero-order chi connectivity index (χ0) is 21.4. The minimum atomic E-state index is -0.668. The van der Waals surface area contributed by atoms with Gasteiger partial charge in [0.15, 0.2) is 11.5 Å². The Balaban J connectivity index is 2.17. The van der Waals surface area contributed by atoms with Crippen LogP contribution in [0, 0.1) is 11.3 Å². The third-order valence-electron chi connectivity index (χ3n) is 3.80. The molecule has 8 nitrogen and oxygen atoms in total. The molecule has 0 saturated heterocycles. The number of rotatable bonds is 8. The van der Waals surface area contributed by atoms with Crippen LogP contribution in [0.2, 0.25) is 0 Å². The lowest BCUT2D eigenvalue weighted by Crippen LogP contribution is -2.08. The van der Waals surface area contributed by atoms with Crippen LogP contribution in [0.4, 0.5) is 5.00 Å². The average Bonchev–Trinajstić information content (AvgIpc) is 3.05. The molecule has 9 heteroatoms. The molecule has 2 aromatic rings. The van der Waals surface area contributed by atoms with E-state index in [1.807, 2.05) is 6.07 Å². The number of nitrogen functional groups attached to an aromatic ring is 1. The Morgan fingerprint density at radius 2 is 2.00 bits per heavy atom. The molecule has 0 spiro atoms. The second-order valence-corrected chi connectivity index (χ2v) is 6.56. The molecule has 0 radical (unpaired) electrons. The van der Waals surface area contributed by atoms with Crippen molar-refractivity contribution in [2.24, 2.45) is 0 Å². The van der Waals surface area contributed by atoms with Crippen LogP contribution in [0.15, 0.2) is 24.3 Å². The molecule has 2 rings (SSSR count). The van der Waals surface area contributed by atoms with Gasteiger partial charge in [-0.3, -0.25) is 0 Å². The molecule has 1 heterocycles. The van der Waals surface area contributed by atoms with Crippen molar-refractivity contribution < 1.29 is 28.5 Å². The van der Waals surface area contributed by atoms with Gasteiger partial charge in [-0.05, 0) is 19.1 Å². The summed E-state index contributed by atoms with van der Waals surface area (Å²) in [7, 11) is 3.01. The predicted molar refractivity (Wildman–Crippen MR) is 108 cm³/mol. The number of hydrogen-bond acceptors (Lipinski definition) is 9. The summed E-state index contributed by atoms with van der Waals surface area (Å²) in [6, 6.07) is 7.16. The van der Waals surface area contributed by atoms with Crippen LogP contribution in [-0.4, -0.2) is 32.8 Å².